The van der Waals surface area contributed by atoms with Gasteiger partial charge in [-0.1, -0.05) is 36.4 Å². The fourth-order valence-corrected chi connectivity index (χ4v) is 3.25. The molecule has 2 aromatic carbocycles. The molecule has 0 spiro atoms. The van der Waals surface area contributed by atoms with E-state index in [1.54, 1.807) is 0 Å². The molecule has 1 aromatic heterocycles. The van der Waals surface area contributed by atoms with E-state index in [2.05, 4.69) is 29.8 Å². The van der Waals surface area contributed by atoms with Crippen LogP contribution in [0.4, 0.5) is 0 Å². The smallest absolute Gasteiger partial charge is 0.224 e. The highest BCUT2D eigenvalue weighted by Gasteiger charge is 2.19. The second kappa shape index (κ2) is 7.70. The number of carbonyl (C=O) groups excluding carboxylic acids is 1. The van der Waals surface area contributed by atoms with Crippen molar-refractivity contribution in [3.63, 3.8) is 0 Å². The minimum atomic E-state index is -0.166. The topological polar surface area (TPSA) is 72.9 Å². The van der Waals surface area contributed by atoms with E-state index in [0.29, 0.717) is 13.0 Å². The van der Waals surface area contributed by atoms with E-state index < -0.39 is 0 Å². The highest BCUT2D eigenvalue weighted by Crippen LogP contribution is 2.24. The van der Waals surface area contributed by atoms with Gasteiger partial charge in [0.25, 0.3) is 0 Å². The summed E-state index contributed by atoms with van der Waals surface area (Å²) in [5.74, 6) is 0.869. The Hall–Kier alpha value is -2.66. The zero-order chi connectivity index (χ0) is 18.7. The molecule has 3 N–H and O–H groups in total. The van der Waals surface area contributed by atoms with Gasteiger partial charge in [-0.25, -0.2) is 4.98 Å². The molecule has 1 unspecified atom stereocenters. The van der Waals surface area contributed by atoms with Gasteiger partial charge in [0.15, 0.2) is 0 Å². The van der Waals surface area contributed by atoms with E-state index in [4.69, 9.17) is 10.7 Å². The molecular formula is C21H26N4O. The molecule has 0 fully saturated rings. The largest absolute Gasteiger partial charge is 0.346 e. The first-order chi connectivity index (χ1) is 12.5. The molecule has 1 amide bonds. The van der Waals surface area contributed by atoms with Crippen LogP contribution < -0.4 is 11.1 Å². The van der Waals surface area contributed by atoms with E-state index in [9.17, 15) is 4.79 Å². The minimum Gasteiger partial charge on any atom is -0.346 e. The number of nitrogens with two attached hydrogens (primary N) is 1. The molecule has 1 atom stereocenters. The predicted molar refractivity (Wildman–Crippen MR) is 105 cm³/mol. The number of amides is 1. The van der Waals surface area contributed by atoms with Gasteiger partial charge in [0, 0.05) is 12.6 Å². The monoisotopic (exact) mass is 350 g/mol. The molecule has 0 radical (unpaired) electrons. The van der Waals surface area contributed by atoms with Crippen LogP contribution in [0.1, 0.15) is 49.8 Å². The maximum atomic E-state index is 12.5. The van der Waals surface area contributed by atoms with Crippen molar-refractivity contribution in [2.75, 3.05) is 0 Å². The zero-order valence-corrected chi connectivity index (χ0v) is 15.6. The van der Waals surface area contributed by atoms with Gasteiger partial charge in [0.1, 0.15) is 5.82 Å². The number of imidazole rings is 1. The highest BCUT2D eigenvalue weighted by molar-refractivity contribution is 5.79. The van der Waals surface area contributed by atoms with Gasteiger partial charge in [-0.15, -0.1) is 0 Å². The number of carbonyl (C=O) groups is 1. The van der Waals surface area contributed by atoms with Crippen molar-refractivity contribution in [3.8, 4) is 0 Å². The van der Waals surface area contributed by atoms with Gasteiger partial charge in [-0.05, 0) is 44.0 Å². The van der Waals surface area contributed by atoms with Gasteiger partial charge < -0.3 is 15.6 Å². The van der Waals surface area contributed by atoms with Crippen LogP contribution in [0.25, 0.3) is 11.0 Å². The number of hydrogen-bond donors (Lipinski definition) is 2. The van der Waals surface area contributed by atoms with Crippen molar-refractivity contribution < 1.29 is 4.79 Å². The lowest BCUT2D eigenvalue weighted by Gasteiger charge is -2.19. The summed E-state index contributed by atoms with van der Waals surface area (Å²) in [4.78, 5) is 17.2. The maximum Gasteiger partial charge on any atom is 0.224 e. The first-order valence-electron chi connectivity index (χ1n) is 9.03. The van der Waals surface area contributed by atoms with Gasteiger partial charge in [0.2, 0.25) is 5.91 Å². The van der Waals surface area contributed by atoms with Crippen molar-refractivity contribution in [1.29, 1.82) is 0 Å². The fourth-order valence-electron chi connectivity index (χ4n) is 3.25. The standard InChI is InChI=1S/C21H26N4O/c1-14(2)25-19-7-5-4-6-18(19)24-21(25)15(3)23-20(26)12-16-8-10-17(13-22)11-9-16/h4-11,14-15H,12-13,22H2,1-3H3,(H,23,26). The van der Waals surface area contributed by atoms with Crippen LogP contribution in [0.15, 0.2) is 48.5 Å². The normalized spacial score (nSPS) is 12.5. The third-order valence-electron chi connectivity index (χ3n) is 4.53. The molecule has 5 heteroatoms. The molecule has 0 aliphatic carbocycles. The summed E-state index contributed by atoms with van der Waals surface area (Å²) >= 11 is 0. The van der Waals surface area contributed by atoms with Crippen LogP contribution in [0.3, 0.4) is 0 Å². The van der Waals surface area contributed by atoms with E-state index >= 15 is 0 Å². The van der Waals surface area contributed by atoms with Crippen molar-refractivity contribution in [2.45, 2.75) is 45.8 Å². The second-order valence-electron chi connectivity index (χ2n) is 6.91. The van der Waals surface area contributed by atoms with Crippen LogP contribution in [0, 0.1) is 0 Å². The van der Waals surface area contributed by atoms with Crippen molar-refractivity contribution in [3.05, 3.63) is 65.5 Å². The van der Waals surface area contributed by atoms with Gasteiger partial charge >= 0.3 is 0 Å². The molecule has 3 rings (SSSR count). The Labute approximate surface area is 154 Å². The molecule has 0 aliphatic heterocycles. The molecule has 0 bridgehead atoms. The summed E-state index contributed by atoms with van der Waals surface area (Å²) in [6.45, 7) is 6.75. The van der Waals surface area contributed by atoms with E-state index in [1.807, 2.05) is 49.4 Å². The Morgan fingerprint density at radius 2 is 1.73 bits per heavy atom. The van der Waals surface area contributed by atoms with Crippen molar-refractivity contribution >= 4 is 16.9 Å². The first kappa shape index (κ1) is 18.1. The average molecular weight is 350 g/mol. The van der Waals surface area contributed by atoms with Gasteiger partial charge in [0.05, 0.1) is 23.5 Å². The number of aromatic nitrogens is 2. The Morgan fingerprint density at radius 1 is 1.08 bits per heavy atom. The summed E-state index contributed by atoms with van der Waals surface area (Å²) in [6, 6.07) is 16.0. The third-order valence-corrected chi connectivity index (χ3v) is 4.53. The average Bonchev–Trinajstić information content (AvgIpc) is 3.02. The van der Waals surface area contributed by atoms with Crippen LogP contribution in [0.2, 0.25) is 0 Å². The number of para-hydroxylation sites is 2. The molecule has 3 aromatic rings. The molecule has 1 heterocycles. The highest BCUT2D eigenvalue weighted by atomic mass is 16.1. The summed E-state index contributed by atoms with van der Waals surface area (Å²) in [6.07, 6.45) is 0.344. The number of nitrogens with one attached hydrogen (secondary N) is 1. The lowest BCUT2D eigenvalue weighted by molar-refractivity contribution is -0.121. The summed E-state index contributed by atoms with van der Waals surface area (Å²) < 4.78 is 2.19. The number of rotatable bonds is 6. The third kappa shape index (κ3) is 3.78. The van der Waals surface area contributed by atoms with Gasteiger partial charge in [-0.2, -0.15) is 0 Å². The van der Waals surface area contributed by atoms with Crippen molar-refractivity contribution in [1.82, 2.24) is 14.9 Å². The Bertz CT molecular complexity index is 896. The summed E-state index contributed by atoms with van der Waals surface area (Å²) in [5, 5.41) is 3.08. The summed E-state index contributed by atoms with van der Waals surface area (Å²) in [7, 11) is 0. The lowest BCUT2D eigenvalue weighted by atomic mass is 10.1. The second-order valence-corrected chi connectivity index (χ2v) is 6.91. The van der Waals surface area contributed by atoms with Crippen LogP contribution in [-0.2, 0) is 17.8 Å². The van der Waals surface area contributed by atoms with E-state index in [1.165, 1.54) is 0 Å². The lowest BCUT2D eigenvalue weighted by Crippen LogP contribution is -2.30. The minimum absolute atomic E-state index is 0.0136. The molecule has 0 aliphatic rings. The molecule has 136 valence electrons. The fraction of sp³-hybridized carbons (Fsp3) is 0.333. The molecule has 0 saturated carbocycles. The van der Waals surface area contributed by atoms with Crippen molar-refractivity contribution in [2.24, 2.45) is 5.73 Å². The predicted octanol–water partition coefficient (Wildman–Crippen LogP) is 3.50. The Balaban J connectivity index is 1.76. The Morgan fingerprint density at radius 3 is 2.38 bits per heavy atom. The maximum absolute atomic E-state index is 12.5. The van der Waals surface area contributed by atoms with Crippen LogP contribution in [-0.4, -0.2) is 15.5 Å². The number of fused-ring (bicyclic) bond motifs is 1. The molecule has 0 saturated heterocycles. The van der Waals surface area contributed by atoms with Crippen LogP contribution in [0.5, 0.6) is 0 Å². The summed E-state index contributed by atoms with van der Waals surface area (Å²) in [5.41, 5.74) is 9.70. The van der Waals surface area contributed by atoms with E-state index in [-0.39, 0.29) is 18.0 Å². The molecule has 5 nitrogen and oxygen atoms in total. The first-order valence-corrected chi connectivity index (χ1v) is 9.03. The SMILES string of the molecule is CC(NC(=O)Cc1ccc(CN)cc1)c1nc2ccccc2n1C(C)C. The number of hydrogen-bond acceptors (Lipinski definition) is 3. The zero-order valence-electron chi connectivity index (χ0n) is 15.6. The van der Waals surface area contributed by atoms with Gasteiger partial charge in [-0.3, -0.25) is 4.79 Å². The van der Waals surface area contributed by atoms with E-state index in [0.717, 1.165) is 28.0 Å². The molecule has 26 heavy (non-hydrogen) atoms. The van der Waals surface area contributed by atoms with Crippen LogP contribution >= 0.6 is 0 Å². The quantitative estimate of drug-likeness (QED) is 0.715. The Kier molecular flexibility index (Phi) is 5.38. The number of benzene rings is 2. The molecular weight excluding hydrogens is 324 g/mol. The number of nitrogens with zero attached hydrogens (tertiary/aromatic N) is 2.